The molecule has 0 fully saturated rings. The minimum atomic E-state index is -0.268. The highest BCUT2D eigenvalue weighted by atomic mass is 19.1. The minimum Gasteiger partial charge on any atom is -0.335 e. The highest BCUT2D eigenvalue weighted by molar-refractivity contribution is 5.74. The molecule has 1 atom stereocenters. The molecule has 0 aliphatic carbocycles. The molecule has 0 aliphatic heterocycles. The summed E-state index contributed by atoms with van der Waals surface area (Å²) in [5.74, 6) is -0.247. The zero-order chi connectivity index (χ0) is 15.1. The normalized spacial score (nSPS) is 11.7. The lowest BCUT2D eigenvalue weighted by molar-refractivity contribution is 0.237. The molecule has 0 radical (unpaired) electrons. The number of pyridine rings is 1. The Labute approximate surface area is 123 Å². The number of hydrogen-bond acceptors (Lipinski definition) is 2. The van der Waals surface area contributed by atoms with Crippen LogP contribution in [-0.2, 0) is 13.0 Å². The highest BCUT2D eigenvalue weighted by Gasteiger charge is 2.10. The maximum absolute atomic E-state index is 13.5. The summed E-state index contributed by atoms with van der Waals surface area (Å²) in [6, 6.07) is 9.84. The number of carbonyl (C=O) groups is 1. The van der Waals surface area contributed by atoms with Crippen molar-refractivity contribution in [2.75, 3.05) is 0 Å². The quantitative estimate of drug-likeness (QED) is 0.888. The van der Waals surface area contributed by atoms with Crippen LogP contribution in [0, 0.1) is 5.82 Å². The zero-order valence-electron chi connectivity index (χ0n) is 11.8. The molecule has 0 saturated heterocycles. The van der Waals surface area contributed by atoms with Gasteiger partial charge in [-0.3, -0.25) is 4.98 Å². The number of urea groups is 1. The molecule has 2 N–H and O–H groups in total. The van der Waals surface area contributed by atoms with Gasteiger partial charge in [-0.15, -0.1) is 0 Å². The van der Waals surface area contributed by atoms with Crippen LogP contribution >= 0.6 is 0 Å². The van der Waals surface area contributed by atoms with E-state index in [0.29, 0.717) is 18.5 Å². The van der Waals surface area contributed by atoms with Gasteiger partial charge < -0.3 is 10.6 Å². The fourth-order valence-corrected chi connectivity index (χ4v) is 2.00. The van der Waals surface area contributed by atoms with E-state index in [1.54, 1.807) is 30.6 Å². The highest BCUT2D eigenvalue weighted by Crippen LogP contribution is 2.08. The number of aromatic nitrogens is 1. The third-order valence-corrected chi connectivity index (χ3v) is 3.06. The van der Waals surface area contributed by atoms with Crippen molar-refractivity contribution in [2.45, 2.75) is 25.9 Å². The summed E-state index contributed by atoms with van der Waals surface area (Å²) in [5, 5.41) is 5.55. The summed E-state index contributed by atoms with van der Waals surface area (Å²) in [5.41, 5.74) is 1.57. The molecule has 0 aliphatic rings. The second kappa shape index (κ2) is 7.38. The Kier molecular flexibility index (Phi) is 5.26. The lowest BCUT2D eigenvalue weighted by atomic mass is 10.1. The van der Waals surface area contributed by atoms with Crippen molar-refractivity contribution in [3.05, 3.63) is 65.7 Å². The molecule has 4 nitrogen and oxygen atoms in total. The van der Waals surface area contributed by atoms with Crippen LogP contribution in [0.5, 0.6) is 0 Å². The van der Waals surface area contributed by atoms with Crippen LogP contribution in [0.4, 0.5) is 9.18 Å². The van der Waals surface area contributed by atoms with Gasteiger partial charge in [-0.25, -0.2) is 9.18 Å². The summed E-state index contributed by atoms with van der Waals surface area (Å²) in [7, 11) is 0. The summed E-state index contributed by atoms with van der Waals surface area (Å²) >= 11 is 0. The fraction of sp³-hybridized carbons (Fsp3) is 0.250. The summed E-state index contributed by atoms with van der Waals surface area (Å²) in [6.07, 6.45) is 3.81. The number of benzene rings is 1. The smallest absolute Gasteiger partial charge is 0.315 e. The van der Waals surface area contributed by atoms with E-state index < -0.39 is 0 Å². The first-order chi connectivity index (χ1) is 10.1. The van der Waals surface area contributed by atoms with Gasteiger partial charge in [0.05, 0.1) is 0 Å². The van der Waals surface area contributed by atoms with Crippen molar-refractivity contribution in [2.24, 2.45) is 0 Å². The maximum atomic E-state index is 13.5. The predicted molar refractivity (Wildman–Crippen MR) is 79.2 cm³/mol. The first-order valence-electron chi connectivity index (χ1n) is 6.82. The topological polar surface area (TPSA) is 54.0 Å². The number of rotatable bonds is 5. The van der Waals surface area contributed by atoms with Crippen LogP contribution in [0.25, 0.3) is 0 Å². The molecule has 2 aromatic rings. The number of hydrogen-bond donors (Lipinski definition) is 2. The van der Waals surface area contributed by atoms with Gasteiger partial charge in [0.1, 0.15) is 5.82 Å². The van der Waals surface area contributed by atoms with Crippen LogP contribution in [0.2, 0.25) is 0 Å². The average Bonchev–Trinajstić information content (AvgIpc) is 2.48. The number of amides is 2. The SMILES string of the molecule is CC(Cc1ccccc1F)NC(=O)NCc1ccncc1. The third-order valence-electron chi connectivity index (χ3n) is 3.06. The van der Waals surface area contributed by atoms with E-state index in [0.717, 1.165) is 5.56 Å². The van der Waals surface area contributed by atoms with E-state index in [4.69, 9.17) is 0 Å². The van der Waals surface area contributed by atoms with E-state index in [1.807, 2.05) is 19.1 Å². The second-order valence-corrected chi connectivity index (χ2v) is 4.88. The van der Waals surface area contributed by atoms with E-state index >= 15 is 0 Å². The number of nitrogens with one attached hydrogen (secondary N) is 2. The van der Waals surface area contributed by atoms with E-state index in [2.05, 4.69) is 15.6 Å². The van der Waals surface area contributed by atoms with Crippen LogP contribution in [0.1, 0.15) is 18.1 Å². The van der Waals surface area contributed by atoms with Crippen molar-refractivity contribution in [3.63, 3.8) is 0 Å². The van der Waals surface area contributed by atoms with Gasteiger partial charge in [-0.05, 0) is 42.7 Å². The van der Waals surface area contributed by atoms with Crippen molar-refractivity contribution in [3.8, 4) is 0 Å². The molecule has 0 bridgehead atoms. The first kappa shape index (κ1) is 15.0. The standard InChI is InChI=1S/C16H18FN3O/c1-12(10-14-4-2-3-5-15(14)17)20-16(21)19-11-13-6-8-18-9-7-13/h2-9,12H,10-11H2,1H3,(H2,19,20,21). The lowest BCUT2D eigenvalue weighted by Gasteiger charge is -2.15. The maximum Gasteiger partial charge on any atom is 0.315 e. The van der Waals surface area contributed by atoms with Gasteiger partial charge in [0.25, 0.3) is 0 Å². The van der Waals surface area contributed by atoms with Crippen LogP contribution in [-0.4, -0.2) is 17.1 Å². The van der Waals surface area contributed by atoms with Crippen LogP contribution in [0.3, 0.4) is 0 Å². The third kappa shape index (κ3) is 4.87. The molecule has 1 unspecified atom stereocenters. The van der Waals surface area contributed by atoms with E-state index in [1.165, 1.54) is 6.07 Å². The average molecular weight is 287 g/mol. The molecule has 5 heteroatoms. The Balaban J connectivity index is 1.78. The Morgan fingerprint density at radius 3 is 2.67 bits per heavy atom. The Morgan fingerprint density at radius 1 is 1.24 bits per heavy atom. The number of halogens is 1. The molecule has 21 heavy (non-hydrogen) atoms. The molecule has 0 saturated carbocycles. The Bertz CT molecular complexity index is 589. The van der Waals surface area contributed by atoms with Gasteiger partial charge in [0.15, 0.2) is 0 Å². The predicted octanol–water partition coefficient (Wildman–Crippen LogP) is 2.65. The van der Waals surface area contributed by atoms with Gasteiger partial charge >= 0.3 is 6.03 Å². The summed E-state index contributed by atoms with van der Waals surface area (Å²) in [6.45, 7) is 2.28. The van der Waals surface area contributed by atoms with E-state index in [-0.39, 0.29) is 17.9 Å². The first-order valence-corrected chi connectivity index (χ1v) is 6.82. The Morgan fingerprint density at radius 2 is 1.95 bits per heavy atom. The molecule has 2 rings (SSSR count). The van der Waals surface area contributed by atoms with Gasteiger partial charge in [-0.2, -0.15) is 0 Å². The lowest BCUT2D eigenvalue weighted by Crippen LogP contribution is -2.41. The van der Waals surface area contributed by atoms with Gasteiger partial charge in [0, 0.05) is 25.0 Å². The summed E-state index contributed by atoms with van der Waals surface area (Å²) < 4.78 is 13.5. The molecule has 1 aromatic heterocycles. The number of nitrogens with zero attached hydrogens (tertiary/aromatic N) is 1. The molecular weight excluding hydrogens is 269 g/mol. The molecule has 2 amide bonds. The van der Waals surface area contributed by atoms with Crippen molar-refractivity contribution in [1.82, 2.24) is 15.6 Å². The molecule has 1 aromatic carbocycles. The number of carbonyl (C=O) groups excluding carboxylic acids is 1. The monoisotopic (exact) mass is 287 g/mol. The van der Waals surface area contributed by atoms with E-state index in [9.17, 15) is 9.18 Å². The zero-order valence-corrected chi connectivity index (χ0v) is 11.8. The molecule has 110 valence electrons. The van der Waals surface area contributed by atoms with Gasteiger partial charge in [-0.1, -0.05) is 18.2 Å². The molecular formula is C16H18FN3O. The Hall–Kier alpha value is -2.43. The van der Waals surface area contributed by atoms with Crippen molar-refractivity contribution < 1.29 is 9.18 Å². The van der Waals surface area contributed by atoms with Crippen LogP contribution < -0.4 is 10.6 Å². The summed E-state index contributed by atoms with van der Waals surface area (Å²) in [4.78, 5) is 15.7. The molecule has 1 heterocycles. The van der Waals surface area contributed by atoms with Crippen LogP contribution in [0.15, 0.2) is 48.8 Å². The second-order valence-electron chi connectivity index (χ2n) is 4.88. The minimum absolute atomic E-state index is 0.153. The van der Waals surface area contributed by atoms with Crippen molar-refractivity contribution in [1.29, 1.82) is 0 Å². The van der Waals surface area contributed by atoms with Gasteiger partial charge in [0.2, 0.25) is 0 Å². The largest absolute Gasteiger partial charge is 0.335 e. The van der Waals surface area contributed by atoms with Crippen molar-refractivity contribution >= 4 is 6.03 Å². The molecule has 0 spiro atoms. The fourth-order valence-electron chi connectivity index (χ4n) is 2.00.